The molecule has 0 unspecified atom stereocenters. The van der Waals surface area contributed by atoms with Crippen LogP contribution in [-0.2, 0) is 16.2 Å². The van der Waals surface area contributed by atoms with Crippen LogP contribution in [0.4, 0.5) is 28.9 Å². The molecule has 0 aliphatic heterocycles. The molecule has 0 fully saturated rings. The van der Waals surface area contributed by atoms with Gasteiger partial charge in [0, 0.05) is 11.3 Å². The van der Waals surface area contributed by atoms with Gasteiger partial charge in [-0.05, 0) is 54.6 Å². The van der Waals surface area contributed by atoms with E-state index in [-0.39, 0.29) is 11.3 Å². The summed E-state index contributed by atoms with van der Waals surface area (Å²) in [5.74, 6) is -1.31. The van der Waals surface area contributed by atoms with Gasteiger partial charge in [-0.2, -0.15) is 13.2 Å². The van der Waals surface area contributed by atoms with Crippen molar-refractivity contribution < 1.29 is 30.8 Å². The highest BCUT2D eigenvalue weighted by Crippen LogP contribution is 2.37. The molecule has 3 rings (SSSR count). The number of anilines is 2. The van der Waals surface area contributed by atoms with E-state index in [0.29, 0.717) is 6.07 Å². The van der Waals surface area contributed by atoms with Gasteiger partial charge in [0.2, 0.25) is 0 Å². The van der Waals surface area contributed by atoms with Crippen LogP contribution in [0.1, 0.15) is 15.9 Å². The first kappa shape index (κ1) is 21.3. The van der Waals surface area contributed by atoms with E-state index in [1.54, 1.807) is 18.2 Å². The molecule has 3 aromatic carbocycles. The molecule has 0 radical (unpaired) electrons. The molecule has 0 spiro atoms. The molecule has 0 bridgehead atoms. The Kier molecular flexibility index (Phi) is 5.79. The first-order valence-electron chi connectivity index (χ1n) is 8.42. The van der Waals surface area contributed by atoms with Crippen molar-refractivity contribution in [3.63, 3.8) is 0 Å². The van der Waals surface area contributed by atoms with Crippen molar-refractivity contribution >= 4 is 27.3 Å². The number of sulfonamides is 1. The summed E-state index contributed by atoms with van der Waals surface area (Å²) in [5.41, 5.74) is -1.95. The van der Waals surface area contributed by atoms with Gasteiger partial charge in [0.05, 0.1) is 16.1 Å². The Morgan fingerprint density at radius 2 is 1.50 bits per heavy atom. The molecule has 0 atom stereocenters. The Hall–Kier alpha value is -3.40. The van der Waals surface area contributed by atoms with Crippen molar-refractivity contribution in [3.05, 3.63) is 89.7 Å². The number of benzene rings is 3. The summed E-state index contributed by atoms with van der Waals surface area (Å²) in [6, 6.07) is 14.1. The van der Waals surface area contributed by atoms with Gasteiger partial charge < -0.3 is 5.32 Å². The summed E-state index contributed by atoms with van der Waals surface area (Å²) in [5, 5.41) is 2.34. The number of rotatable bonds is 5. The second kappa shape index (κ2) is 8.15. The predicted octanol–water partition coefficient (Wildman–Crippen LogP) is 4.90. The second-order valence-electron chi connectivity index (χ2n) is 6.14. The van der Waals surface area contributed by atoms with E-state index < -0.39 is 44.1 Å². The first-order chi connectivity index (χ1) is 14.1. The zero-order chi connectivity index (χ0) is 21.9. The lowest BCUT2D eigenvalue weighted by Crippen LogP contribution is -2.18. The monoisotopic (exact) mass is 438 g/mol. The maximum absolute atomic E-state index is 13.5. The maximum Gasteiger partial charge on any atom is 0.418 e. The van der Waals surface area contributed by atoms with Crippen LogP contribution in [0.2, 0.25) is 0 Å². The lowest BCUT2D eigenvalue weighted by atomic mass is 10.1. The third kappa shape index (κ3) is 4.95. The molecule has 0 aromatic heterocycles. The van der Waals surface area contributed by atoms with Gasteiger partial charge in [-0.15, -0.1) is 0 Å². The molecule has 1 amide bonds. The van der Waals surface area contributed by atoms with Gasteiger partial charge in [-0.1, -0.05) is 18.2 Å². The van der Waals surface area contributed by atoms with E-state index in [1.807, 2.05) is 4.72 Å². The summed E-state index contributed by atoms with van der Waals surface area (Å²) in [7, 11) is -4.40. The smallest absolute Gasteiger partial charge is 0.322 e. The molecular formula is C20H14F4N2O3S. The molecule has 0 saturated heterocycles. The van der Waals surface area contributed by atoms with Crippen LogP contribution in [0.25, 0.3) is 0 Å². The number of hydrogen-bond acceptors (Lipinski definition) is 3. The molecule has 0 aliphatic rings. The number of nitrogens with one attached hydrogen (secondary N) is 2. The standard InChI is InChI=1S/C20H14F4N2O3S/c21-14-6-9-16(10-7-14)30(28,29)26-18-11-8-15(12-17(18)20(22,23)24)25-19(27)13-4-2-1-3-5-13/h1-12,26H,(H,25,27). The van der Waals surface area contributed by atoms with Gasteiger partial charge in [0.25, 0.3) is 15.9 Å². The van der Waals surface area contributed by atoms with Crippen LogP contribution >= 0.6 is 0 Å². The van der Waals surface area contributed by atoms with Crippen LogP contribution in [0.5, 0.6) is 0 Å². The highest BCUT2D eigenvalue weighted by molar-refractivity contribution is 7.92. The number of hydrogen-bond donors (Lipinski definition) is 2. The van der Waals surface area contributed by atoms with Gasteiger partial charge >= 0.3 is 6.18 Å². The highest BCUT2D eigenvalue weighted by Gasteiger charge is 2.35. The molecular weight excluding hydrogens is 424 g/mol. The third-order valence-electron chi connectivity index (χ3n) is 3.99. The van der Waals surface area contributed by atoms with Crippen molar-refractivity contribution in [2.24, 2.45) is 0 Å². The fourth-order valence-electron chi connectivity index (χ4n) is 2.56. The quantitative estimate of drug-likeness (QED) is 0.557. The van der Waals surface area contributed by atoms with E-state index in [0.717, 1.165) is 36.4 Å². The topological polar surface area (TPSA) is 75.3 Å². The highest BCUT2D eigenvalue weighted by atomic mass is 32.2. The van der Waals surface area contributed by atoms with Crippen LogP contribution in [0.15, 0.2) is 77.7 Å². The van der Waals surface area contributed by atoms with Crippen molar-refractivity contribution in [3.8, 4) is 0 Å². The average molecular weight is 438 g/mol. The maximum atomic E-state index is 13.5. The van der Waals surface area contributed by atoms with E-state index in [1.165, 1.54) is 12.1 Å². The van der Waals surface area contributed by atoms with Gasteiger partial charge in [-0.3, -0.25) is 9.52 Å². The van der Waals surface area contributed by atoms with Gasteiger partial charge in [-0.25, -0.2) is 12.8 Å². The van der Waals surface area contributed by atoms with Crippen LogP contribution in [-0.4, -0.2) is 14.3 Å². The minimum atomic E-state index is -4.91. The Bertz CT molecular complexity index is 1160. The minimum absolute atomic E-state index is 0.166. The summed E-state index contributed by atoms with van der Waals surface area (Å²) < 4.78 is 80.2. The molecule has 3 aromatic rings. The summed E-state index contributed by atoms with van der Waals surface area (Å²) in [6.07, 6.45) is -4.91. The summed E-state index contributed by atoms with van der Waals surface area (Å²) in [4.78, 5) is 11.8. The van der Waals surface area contributed by atoms with Gasteiger partial charge in [0.15, 0.2) is 0 Å². The molecule has 5 nitrogen and oxygen atoms in total. The van der Waals surface area contributed by atoms with E-state index >= 15 is 0 Å². The molecule has 0 saturated carbocycles. The zero-order valence-corrected chi connectivity index (χ0v) is 15.9. The number of alkyl halides is 3. The fraction of sp³-hybridized carbons (Fsp3) is 0.0500. The second-order valence-corrected chi connectivity index (χ2v) is 7.82. The molecule has 30 heavy (non-hydrogen) atoms. The Morgan fingerprint density at radius 3 is 2.10 bits per heavy atom. The van der Waals surface area contributed by atoms with E-state index in [2.05, 4.69) is 5.32 Å². The SMILES string of the molecule is O=C(Nc1ccc(NS(=O)(=O)c2ccc(F)cc2)c(C(F)(F)F)c1)c1ccccc1. The predicted molar refractivity (Wildman–Crippen MR) is 103 cm³/mol. The van der Waals surface area contributed by atoms with Gasteiger partial charge in [0.1, 0.15) is 5.82 Å². The normalized spacial score (nSPS) is 11.7. The van der Waals surface area contributed by atoms with Crippen molar-refractivity contribution in [2.45, 2.75) is 11.1 Å². The Labute approximate surface area is 169 Å². The molecule has 2 N–H and O–H groups in total. The number of carbonyl (C=O) groups is 1. The van der Waals surface area contributed by atoms with Crippen LogP contribution < -0.4 is 10.0 Å². The lowest BCUT2D eigenvalue weighted by molar-refractivity contribution is -0.136. The van der Waals surface area contributed by atoms with Crippen LogP contribution in [0.3, 0.4) is 0 Å². The first-order valence-corrected chi connectivity index (χ1v) is 9.90. The Balaban J connectivity index is 1.92. The van der Waals surface area contributed by atoms with E-state index in [4.69, 9.17) is 0 Å². The minimum Gasteiger partial charge on any atom is -0.322 e. The third-order valence-corrected chi connectivity index (χ3v) is 5.37. The Morgan fingerprint density at radius 1 is 0.867 bits per heavy atom. The number of carbonyl (C=O) groups excluding carboxylic acids is 1. The lowest BCUT2D eigenvalue weighted by Gasteiger charge is -2.16. The van der Waals surface area contributed by atoms with Crippen molar-refractivity contribution in [1.82, 2.24) is 0 Å². The van der Waals surface area contributed by atoms with Crippen molar-refractivity contribution in [1.29, 1.82) is 0 Å². The number of halogens is 4. The molecule has 0 aliphatic carbocycles. The molecule has 0 heterocycles. The summed E-state index contributed by atoms with van der Waals surface area (Å²) in [6.45, 7) is 0. The van der Waals surface area contributed by atoms with Crippen molar-refractivity contribution in [2.75, 3.05) is 10.0 Å². The average Bonchev–Trinajstić information content (AvgIpc) is 2.69. The molecule has 156 valence electrons. The van der Waals surface area contributed by atoms with Crippen LogP contribution in [0, 0.1) is 5.82 Å². The zero-order valence-electron chi connectivity index (χ0n) is 15.1. The summed E-state index contributed by atoms with van der Waals surface area (Å²) >= 11 is 0. The number of amides is 1. The largest absolute Gasteiger partial charge is 0.418 e. The van der Waals surface area contributed by atoms with E-state index in [9.17, 15) is 30.8 Å². The molecule has 10 heteroatoms. The fourth-order valence-corrected chi connectivity index (χ4v) is 3.64.